The van der Waals surface area contributed by atoms with Crippen LogP contribution in [0.3, 0.4) is 0 Å². The summed E-state index contributed by atoms with van der Waals surface area (Å²) in [5.74, 6) is 1.30. The smallest absolute Gasteiger partial charge is 0.0408 e. The quantitative estimate of drug-likeness (QED) is 0.619. The summed E-state index contributed by atoms with van der Waals surface area (Å²) in [6.45, 7) is 5.79. The van der Waals surface area contributed by atoms with Gasteiger partial charge in [-0.25, -0.2) is 0 Å². The molecule has 0 unspecified atom stereocenters. The second-order valence-electron chi connectivity index (χ2n) is 2.78. The minimum Gasteiger partial charge on any atom is -0.103 e. The van der Waals surface area contributed by atoms with Gasteiger partial charge in [0.25, 0.3) is 0 Å². The summed E-state index contributed by atoms with van der Waals surface area (Å²) in [5.41, 5.74) is 1.20. The maximum atomic E-state index is 5.85. The van der Waals surface area contributed by atoms with E-state index < -0.39 is 0 Å². The van der Waals surface area contributed by atoms with Gasteiger partial charge in [0.1, 0.15) is 0 Å². The lowest BCUT2D eigenvalue weighted by atomic mass is 9.98. The molecule has 1 rings (SSSR count). The molecule has 1 heteroatoms. The maximum absolute atomic E-state index is 5.85. The third-order valence-corrected chi connectivity index (χ3v) is 2.00. The second-order valence-corrected chi connectivity index (χ2v) is 3.22. The van der Waals surface area contributed by atoms with Gasteiger partial charge in [0, 0.05) is 10.9 Å². The van der Waals surface area contributed by atoms with Crippen molar-refractivity contribution in [2.24, 2.45) is 0 Å². The van der Waals surface area contributed by atoms with E-state index in [0.717, 1.165) is 11.4 Å². The van der Waals surface area contributed by atoms with Gasteiger partial charge in [0.2, 0.25) is 0 Å². The Morgan fingerprint density at radius 3 is 2.92 bits per heavy atom. The number of hydrogen-bond donors (Lipinski definition) is 0. The monoisotopic (exact) mass is 179 g/mol. The standard InChI is InChI=1S/C11H12Cl/c1-3-5-9(2)10-6-4-7-11(12)8-10/h3-4,6-8H,1,5H2,2H3. The van der Waals surface area contributed by atoms with E-state index in [1.807, 2.05) is 24.3 Å². The zero-order valence-corrected chi connectivity index (χ0v) is 7.93. The lowest BCUT2D eigenvalue weighted by molar-refractivity contribution is 1.03. The minimum absolute atomic E-state index is 0.788. The fourth-order valence-electron chi connectivity index (χ4n) is 1.09. The molecule has 0 bridgehead atoms. The van der Waals surface area contributed by atoms with E-state index in [1.165, 1.54) is 11.5 Å². The van der Waals surface area contributed by atoms with Crippen LogP contribution < -0.4 is 0 Å². The van der Waals surface area contributed by atoms with Crippen molar-refractivity contribution < 1.29 is 0 Å². The van der Waals surface area contributed by atoms with Crippen molar-refractivity contribution in [3.63, 3.8) is 0 Å². The average Bonchev–Trinajstić information content (AvgIpc) is 2.05. The molecule has 0 spiro atoms. The highest BCUT2D eigenvalue weighted by Gasteiger charge is 2.03. The zero-order chi connectivity index (χ0) is 8.97. The Balaban J connectivity index is 2.80. The van der Waals surface area contributed by atoms with Crippen molar-refractivity contribution in [1.29, 1.82) is 0 Å². The molecule has 0 aliphatic rings. The van der Waals surface area contributed by atoms with Crippen LogP contribution in [0.2, 0.25) is 5.02 Å². The van der Waals surface area contributed by atoms with Crippen molar-refractivity contribution in [3.05, 3.63) is 53.4 Å². The van der Waals surface area contributed by atoms with Gasteiger partial charge in [0.05, 0.1) is 0 Å². The van der Waals surface area contributed by atoms with Crippen LogP contribution in [0.5, 0.6) is 0 Å². The molecule has 0 amide bonds. The molecule has 0 aromatic heterocycles. The maximum Gasteiger partial charge on any atom is 0.0408 e. The van der Waals surface area contributed by atoms with E-state index in [9.17, 15) is 0 Å². The van der Waals surface area contributed by atoms with Crippen molar-refractivity contribution >= 4 is 11.6 Å². The summed E-state index contributed by atoms with van der Waals surface area (Å²) >= 11 is 5.85. The molecular weight excluding hydrogens is 168 g/mol. The van der Waals surface area contributed by atoms with Gasteiger partial charge in [-0.05, 0) is 24.1 Å². The van der Waals surface area contributed by atoms with Crippen molar-refractivity contribution in [1.82, 2.24) is 0 Å². The van der Waals surface area contributed by atoms with Gasteiger partial charge in [-0.1, -0.05) is 36.7 Å². The Kier molecular flexibility index (Phi) is 3.36. The molecule has 1 radical (unpaired) electrons. The molecule has 0 heterocycles. The first-order valence-corrected chi connectivity index (χ1v) is 4.31. The summed E-state index contributed by atoms with van der Waals surface area (Å²) in [4.78, 5) is 0. The van der Waals surface area contributed by atoms with E-state index in [0.29, 0.717) is 0 Å². The molecule has 0 nitrogen and oxygen atoms in total. The van der Waals surface area contributed by atoms with E-state index in [4.69, 9.17) is 11.6 Å². The number of hydrogen-bond acceptors (Lipinski definition) is 0. The van der Waals surface area contributed by atoms with Crippen molar-refractivity contribution in [2.45, 2.75) is 13.3 Å². The van der Waals surface area contributed by atoms with Gasteiger partial charge < -0.3 is 0 Å². The summed E-state index contributed by atoms with van der Waals surface area (Å²) in [6.07, 6.45) is 2.82. The predicted molar refractivity (Wildman–Crippen MR) is 54.3 cm³/mol. The van der Waals surface area contributed by atoms with E-state index in [2.05, 4.69) is 19.6 Å². The SMILES string of the molecule is C=CC[C](C)c1cccc(Cl)c1. The van der Waals surface area contributed by atoms with Gasteiger partial charge in [-0.3, -0.25) is 0 Å². The Morgan fingerprint density at radius 1 is 1.58 bits per heavy atom. The average molecular weight is 180 g/mol. The highest BCUT2D eigenvalue weighted by molar-refractivity contribution is 6.30. The van der Waals surface area contributed by atoms with Crippen LogP contribution in [0, 0.1) is 5.92 Å². The van der Waals surface area contributed by atoms with Crippen LogP contribution in [0.1, 0.15) is 18.9 Å². The van der Waals surface area contributed by atoms with Crippen LogP contribution in [0.25, 0.3) is 0 Å². The van der Waals surface area contributed by atoms with Crippen molar-refractivity contribution in [2.75, 3.05) is 0 Å². The van der Waals surface area contributed by atoms with Crippen LogP contribution in [0.15, 0.2) is 36.9 Å². The molecule has 0 saturated heterocycles. The molecule has 0 saturated carbocycles. The fourth-order valence-corrected chi connectivity index (χ4v) is 1.28. The normalized spacial score (nSPS) is 10.2. The van der Waals surface area contributed by atoms with Gasteiger partial charge >= 0.3 is 0 Å². The third-order valence-electron chi connectivity index (χ3n) is 1.77. The number of allylic oxidation sites excluding steroid dienone is 1. The summed E-state index contributed by atoms with van der Waals surface area (Å²) < 4.78 is 0. The topological polar surface area (TPSA) is 0 Å². The van der Waals surface area contributed by atoms with Gasteiger partial charge in [-0.2, -0.15) is 0 Å². The Labute approximate surface area is 78.9 Å². The van der Waals surface area contributed by atoms with Gasteiger partial charge in [0.15, 0.2) is 0 Å². The first kappa shape index (κ1) is 9.34. The summed E-state index contributed by atoms with van der Waals surface area (Å²) in [5, 5.41) is 0.788. The largest absolute Gasteiger partial charge is 0.103 e. The molecule has 0 N–H and O–H groups in total. The minimum atomic E-state index is 0.788. The van der Waals surface area contributed by atoms with Crippen LogP contribution in [0.4, 0.5) is 0 Å². The number of benzene rings is 1. The number of halogens is 1. The Hall–Kier alpha value is -0.750. The molecule has 12 heavy (non-hydrogen) atoms. The molecule has 1 aromatic rings. The van der Waals surface area contributed by atoms with Crippen LogP contribution in [-0.4, -0.2) is 0 Å². The van der Waals surface area contributed by atoms with Crippen LogP contribution >= 0.6 is 11.6 Å². The Bertz CT molecular complexity index is 265. The molecule has 63 valence electrons. The lowest BCUT2D eigenvalue weighted by Gasteiger charge is -2.07. The molecule has 0 aliphatic heterocycles. The molecule has 0 atom stereocenters. The molecule has 1 aromatic carbocycles. The molecular formula is C11H12Cl. The van der Waals surface area contributed by atoms with E-state index in [-0.39, 0.29) is 0 Å². The lowest BCUT2D eigenvalue weighted by Crippen LogP contribution is -1.91. The first-order valence-electron chi connectivity index (χ1n) is 3.93. The summed E-state index contributed by atoms with van der Waals surface area (Å²) in [6, 6.07) is 7.88. The van der Waals surface area contributed by atoms with Crippen molar-refractivity contribution in [3.8, 4) is 0 Å². The fraction of sp³-hybridized carbons (Fsp3) is 0.182. The van der Waals surface area contributed by atoms with Gasteiger partial charge in [-0.15, -0.1) is 6.58 Å². The van der Waals surface area contributed by atoms with E-state index in [1.54, 1.807) is 0 Å². The highest BCUT2D eigenvalue weighted by Crippen LogP contribution is 2.20. The van der Waals surface area contributed by atoms with Crippen LogP contribution in [-0.2, 0) is 0 Å². The van der Waals surface area contributed by atoms with E-state index >= 15 is 0 Å². The summed E-state index contributed by atoms with van der Waals surface area (Å²) in [7, 11) is 0. The predicted octanol–water partition coefficient (Wildman–Crippen LogP) is 3.86. The first-order chi connectivity index (χ1) is 5.74. The molecule has 0 fully saturated rings. The molecule has 0 aliphatic carbocycles. The second kappa shape index (κ2) is 4.32. The Morgan fingerprint density at radius 2 is 2.33 bits per heavy atom. The number of rotatable bonds is 3. The zero-order valence-electron chi connectivity index (χ0n) is 7.18. The highest BCUT2D eigenvalue weighted by atomic mass is 35.5. The third kappa shape index (κ3) is 2.38.